The van der Waals surface area contributed by atoms with E-state index in [1.807, 2.05) is 0 Å². The minimum atomic E-state index is -3.83. The molecule has 36 heavy (non-hydrogen) atoms. The predicted octanol–water partition coefficient (Wildman–Crippen LogP) is 2.80. The van der Waals surface area contributed by atoms with Gasteiger partial charge in [0.25, 0.3) is 5.56 Å². The second-order valence-corrected chi connectivity index (χ2v) is 10.5. The molecular weight excluding hydrogens is 484 g/mol. The molecule has 2 aromatic carbocycles. The monoisotopic (exact) mass is 512 g/mol. The first-order valence-electron chi connectivity index (χ1n) is 11.4. The van der Waals surface area contributed by atoms with Gasteiger partial charge in [0, 0.05) is 42.2 Å². The third-order valence-corrected chi connectivity index (χ3v) is 7.88. The van der Waals surface area contributed by atoms with Gasteiger partial charge < -0.3 is 19.8 Å². The number of sulfonamides is 1. The average Bonchev–Trinajstić information content (AvgIpc) is 2.88. The number of piperidine rings is 1. The van der Waals surface area contributed by atoms with E-state index in [0.29, 0.717) is 53.7 Å². The van der Waals surface area contributed by atoms with E-state index < -0.39 is 15.9 Å². The molecule has 3 aromatic rings. The number of nitrogens with zero attached hydrogens (tertiary/aromatic N) is 2. The Labute approximate surface area is 209 Å². The van der Waals surface area contributed by atoms with Crippen LogP contribution in [-0.2, 0) is 14.8 Å². The molecule has 1 aliphatic heterocycles. The third-order valence-electron chi connectivity index (χ3n) is 6.02. The lowest BCUT2D eigenvalue weighted by molar-refractivity contribution is -0.120. The maximum Gasteiger partial charge on any atom is 0.251 e. The first-order valence-corrected chi connectivity index (χ1v) is 12.9. The Morgan fingerprint density at radius 3 is 2.61 bits per heavy atom. The zero-order chi connectivity index (χ0) is 25.9. The molecule has 2 heterocycles. The molecule has 0 bridgehead atoms. The second kappa shape index (κ2) is 10.5. The highest BCUT2D eigenvalue weighted by Crippen LogP contribution is 2.32. The number of H-pyrrole nitrogens is 1. The summed E-state index contributed by atoms with van der Waals surface area (Å²) in [5.74, 6) is 0.356. The van der Waals surface area contributed by atoms with E-state index in [9.17, 15) is 18.0 Å². The summed E-state index contributed by atoms with van der Waals surface area (Å²) in [5, 5.41) is 2.88. The topological polar surface area (TPSA) is 131 Å². The van der Waals surface area contributed by atoms with Gasteiger partial charge in [-0.3, -0.25) is 9.59 Å². The highest BCUT2D eigenvalue weighted by molar-refractivity contribution is 7.89. The zero-order valence-electron chi connectivity index (χ0n) is 20.3. The van der Waals surface area contributed by atoms with Crippen LogP contribution in [-0.4, -0.2) is 55.9 Å². The molecule has 1 aromatic heterocycles. The molecule has 0 spiro atoms. The maximum atomic E-state index is 13.3. The largest absolute Gasteiger partial charge is 0.493 e. The number of hydrogen-bond acceptors (Lipinski definition) is 7. The number of nitrogens with one attached hydrogen (secondary N) is 2. The lowest BCUT2D eigenvalue weighted by atomic mass is 9.98. The van der Waals surface area contributed by atoms with Gasteiger partial charge in [-0.2, -0.15) is 4.31 Å². The highest BCUT2D eigenvalue weighted by atomic mass is 32.2. The zero-order valence-corrected chi connectivity index (χ0v) is 21.1. The van der Waals surface area contributed by atoms with Crippen molar-refractivity contribution in [3.05, 3.63) is 64.6 Å². The first-order chi connectivity index (χ1) is 17.2. The summed E-state index contributed by atoms with van der Waals surface area (Å²) in [7, 11) is -0.914. The van der Waals surface area contributed by atoms with Gasteiger partial charge in [-0.15, -0.1) is 0 Å². The van der Waals surface area contributed by atoms with Crippen LogP contribution in [0, 0.1) is 12.8 Å². The number of benzene rings is 2. The number of aryl methyl sites for hydroxylation is 1. The van der Waals surface area contributed by atoms with E-state index in [-0.39, 0.29) is 22.9 Å². The summed E-state index contributed by atoms with van der Waals surface area (Å²) in [4.78, 5) is 32.0. The Morgan fingerprint density at radius 2 is 1.89 bits per heavy atom. The fraction of sp³-hybridized carbons (Fsp3) is 0.320. The highest BCUT2D eigenvalue weighted by Gasteiger charge is 2.34. The SMILES string of the molecule is COc1ccc(S(=O)(=O)N2CCC[C@@H](C(=O)Nc3cccc(-c4nc(C)cc(=O)[nH]4)c3)C2)cc1OC. The quantitative estimate of drug-likeness (QED) is 0.498. The normalized spacial score (nSPS) is 16.4. The van der Waals surface area contributed by atoms with Crippen LogP contribution in [0.15, 0.2) is 58.2 Å². The van der Waals surface area contributed by atoms with E-state index in [4.69, 9.17) is 9.47 Å². The number of aromatic nitrogens is 2. The Hall–Kier alpha value is -3.70. The smallest absolute Gasteiger partial charge is 0.251 e. The summed E-state index contributed by atoms with van der Waals surface area (Å²) < 4.78 is 38.4. The Kier molecular flexibility index (Phi) is 7.41. The molecule has 11 heteroatoms. The number of carbonyl (C=O) groups is 1. The van der Waals surface area contributed by atoms with E-state index in [0.717, 1.165) is 0 Å². The van der Waals surface area contributed by atoms with Crippen molar-refractivity contribution < 1.29 is 22.7 Å². The Bertz CT molecular complexity index is 1440. The molecule has 1 atom stereocenters. The van der Waals surface area contributed by atoms with Gasteiger partial charge in [0.1, 0.15) is 5.82 Å². The number of rotatable bonds is 7. The first kappa shape index (κ1) is 25.4. The maximum absolute atomic E-state index is 13.3. The van der Waals surface area contributed by atoms with Crippen molar-refractivity contribution in [2.24, 2.45) is 5.92 Å². The summed E-state index contributed by atoms with van der Waals surface area (Å²) in [6.07, 6.45) is 1.12. The van der Waals surface area contributed by atoms with Gasteiger partial charge in [-0.1, -0.05) is 12.1 Å². The fourth-order valence-electron chi connectivity index (χ4n) is 4.21. The van der Waals surface area contributed by atoms with Crippen LogP contribution in [0.25, 0.3) is 11.4 Å². The van der Waals surface area contributed by atoms with Crippen molar-refractivity contribution in [3.8, 4) is 22.9 Å². The van der Waals surface area contributed by atoms with Gasteiger partial charge in [-0.05, 0) is 44.0 Å². The van der Waals surface area contributed by atoms with Gasteiger partial charge in [0.15, 0.2) is 11.5 Å². The predicted molar refractivity (Wildman–Crippen MR) is 135 cm³/mol. The number of methoxy groups -OCH3 is 2. The molecule has 1 aliphatic rings. The van der Waals surface area contributed by atoms with Crippen molar-refractivity contribution in [3.63, 3.8) is 0 Å². The summed E-state index contributed by atoms with van der Waals surface area (Å²) in [6.45, 7) is 2.12. The van der Waals surface area contributed by atoms with E-state index in [1.54, 1.807) is 37.3 Å². The average molecular weight is 513 g/mol. The van der Waals surface area contributed by atoms with Crippen molar-refractivity contribution in [2.75, 3.05) is 32.6 Å². The van der Waals surface area contributed by atoms with Crippen LogP contribution in [0.5, 0.6) is 11.5 Å². The Morgan fingerprint density at radius 1 is 1.11 bits per heavy atom. The fourth-order valence-corrected chi connectivity index (χ4v) is 5.74. The molecule has 0 aliphatic carbocycles. The van der Waals surface area contributed by atoms with Crippen LogP contribution in [0.2, 0.25) is 0 Å². The van der Waals surface area contributed by atoms with E-state index in [2.05, 4.69) is 15.3 Å². The summed E-state index contributed by atoms with van der Waals surface area (Å²) >= 11 is 0. The molecular formula is C25H28N4O6S. The number of anilines is 1. The van der Waals surface area contributed by atoms with Crippen molar-refractivity contribution in [1.82, 2.24) is 14.3 Å². The molecule has 1 saturated heterocycles. The number of aromatic amines is 1. The van der Waals surface area contributed by atoms with Crippen LogP contribution >= 0.6 is 0 Å². The molecule has 4 rings (SSSR count). The van der Waals surface area contributed by atoms with Crippen molar-refractivity contribution in [2.45, 2.75) is 24.7 Å². The number of amides is 1. The minimum Gasteiger partial charge on any atom is -0.493 e. The lowest BCUT2D eigenvalue weighted by Gasteiger charge is -2.31. The Balaban J connectivity index is 1.50. The van der Waals surface area contributed by atoms with Gasteiger partial charge in [-0.25, -0.2) is 13.4 Å². The van der Waals surface area contributed by atoms with Gasteiger partial charge in [0.2, 0.25) is 15.9 Å². The van der Waals surface area contributed by atoms with Crippen LogP contribution in [0.1, 0.15) is 18.5 Å². The van der Waals surface area contributed by atoms with Gasteiger partial charge >= 0.3 is 0 Å². The molecule has 0 saturated carbocycles. The van der Waals surface area contributed by atoms with E-state index >= 15 is 0 Å². The second-order valence-electron chi connectivity index (χ2n) is 8.52. The van der Waals surface area contributed by atoms with Crippen LogP contribution in [0.4, 0.5) is 5.69 Å². The van der Waals surface area contributed by atoms with Gasteiger partial charge in [0.05, 0.1) is 25.0 Å². The molecule has 1 amide bonds. The number of carbonyl (C=O) groups excluding carboxylic acids is 1. The number of ether oxygens (including phenoxy) is 2. The lowest BCUT2D eigenvalue weighted by Crippen LogP contribution is -2.43. The standard InChI is InChI=1S/C25H28N4O6S/c1-16-12-23(30)28-24(26-16)17-6-4-8-19(13-17)27-25(31)18-7-5-11-29(15-18)36(32,33)20-9-10-21(34-2)22(14-20)35-3/h4,6,8-10,12-14,18H,5,7,11,15H2,1-3H3,(H,27,31)(H,26,28,30)/t18-/m1/s1. The molecule has 0 unspecified atom stereocenters. The molecule has 2 N–H and O–H groups in total. The van der Waals surface area contributed by atoms with Crippen molar-refractivity contribution >= 4 is 21.6 Å². The molecule has 10 nitrogen and oxygen atoms in total. The minimum absolute atomic E-state index is 0.0644. The van der Waals surface area contributed by atoms with E-state index in [1.165, 1.54) is 36.7 Å². The van der Waals surface area contributed by atoms with Crippen molar-refractivity contribution in [1.29, 1.82) is 0 Å². The third kappa shape index (κ3) is 5.42. The molecule has 0 radical (unpaired) electrons. The molecule has 190 valence electrons. The van der Waals surface area contributed by atoms with Crippen LogP contribution < -0.4 is 20.3 Å². The summed E-state index contributed by atoms with van der Waals surface area (Å²) in [5.41, 5.74) is 1.50. The number of hydrogen-bond donors (Lipinski definition) is 2. The molecule has 1 fully saturated rings. The summed E-state index contributed by atoms with van der Waals surface area (Å²) in [6, 6.07) is 12.8. The van der Waals surface area contributed by atoms with Crippen LogP contribution in [0.3, 0.4) is 0 Å².